The molecule has 1 heterocycles. The number of aromatic carboxylic acids is 1. The van der Waals surface area contributed by atoms with Gasteiger partial charge in [-0.3, -0.25) is 0 Å². The predicted molar refractivity (Wildman–Crippen MR) is 58.1 cm³/mol. The first-order valence-corrected chi connectivity index (χ1v) is 10.3. The summed E-state index contributed by atoms with van der Waals surface area (Å²) in [4.78, 5) is 14.3. The van der Waals surface area contributed by atoms with Crippen LogP contribution in [0.25, 0.3) is 0 Å². The van der Waals surface area contributed by atoms with E-state index in [2.05, 4.69) is 4.98 Å². The normalized spacial score (nSPS) is 11.8. The SMILES string of the molecule is C[As](C)c1nccc(S(=O)(=O)O)c1C(=O)O. The van der Waals surface area contributed by atoms with Crippen LogP contribution in [-0.2, 0) is 10.1 Å². The van der Waals surface area contributed by atoms with Gasteiger partial charge in [0.05, 0.1) is 0 Å². The molecule has 2 N–H and O–H groups in total. The van der Waals surface area contributed by atoms with Crippen LogP contribution in [0.2, 0.25) is 11.4 Å². The van der Waals surface area contributed by atoms with E-state index in [-0.39, 0.29) is 4.48 Å². The van der Waals surface area contributed by atoms with Crippen molar-refractivity contribution in [2.75, 3.05) is 0 Å². The second kappa shape index (κ2) is 4.53. The predicted octanol–water partition coefficient (Wildman–Crippen LogP) is -0.0121. The summed E-state index contributed by atoms with van der Waals surface area (Å²) in [6.45, 7) is 0. The molecule has 0 aliphatic heterocycles. The Morgan fingerprint density at radius 1 is 1.44 bits per heavy atom. The Bertz CT molecular complexity index is 525. The van der Waals surface area contributed by atoms with Crippen LogP contribution in [0.1, 0.15) is 10.4 Å². The third-order valence-electron chi connectivity index (χ3n) is 1.81. The zero-order valence-electron chi connectivity index (χ0n) is 8.58. The third kappa shape index (κ3) is 2.61. The zero-order valence-corrected chi connectivity index (χ0v) is 11.3. The van der Waals surface area contributed by atoms with Gasteiger partial charge in [0.2, 0.25) is 0 Å². The van der Waals surface area contributed by atoms with Crippen LogP contribution < -0.4 is 4.48 Å². The number of rotatable bonds is 3. The Morgan fingerprint density at radius 2 is 2.00 bits per heavy atom. The van der Waals surface area contributed by atoms with E-state index in [9.17, 15) is 13.2 Å². The summed E-state index contributed by atoms with van der Waals surface area (Å²) < 4.78 is 31.2. The number of nitrogens with zero attached hydrogens (tertiary/aromatic N) is 1. The number of aromatic nitrogens is 1. The quantitative estimate of drug-likeness (QED) is 0.601. The molecular weight excluding hydrogens is 297 g/mol. The molecule has 0 saturated heterocycles. The average molecular weight is 307 g/mol. The molecule has 16 heavy (non-hydrogen) atoms. The molecule has 6 nitrogen and oxygen atoms in total. The van der Waals surface area contributed by atoms with Crippen molar-refractivity contribution in [2.24, 2.45) is 0 Å². The Balaban J connectivity index is 3.65. The Morgan fingerprint density at radius 3 is 2.38 bits per heavy atom. The van der Waals surface area contributed by atoms with Crippen LogP contribution in [0.4, 0.5) is 0 Å². The van der Waals surface area contributed by atoms with E-state index in [1.807, 2.05) is 11.4 Å². The fraction of sp³-hybridized carbons (Fsp3) is 0.250. The summed E-state index contributed by atoms with van der Waals surface area (Å²) in [5.41, 5.74) is 3.25. The van der Waals surface area contributed by atoms with Crippen LogP contribution in [0.5, 0.6) is 0 Å². The van der Waals surface area contributed by atoms with Gasteiger partial charge in [0.1, 0.15) is 0 Å². The summed E-state index contributed by atoms with van der Waals surface area (Å²) in [5.74, 6) is -1.39. The van der Waals surface area contributed by atoms with E-state index >= 15 is 0 Å². The molecule has 0 spiro atoms. The van der Waals surface area contributed by atoms with E-state index in [1.54, 1.807) is 0 Å². The molecule has 8 heteroatoms. The van der Waals surface area contributed by atoms with Gasteiger partial charge in [0.25, 0.3) is 0 Å². The molecule has 1 aromatic heterocycles. The second-order valence-corrected chi connectivity index (χ2v) is 9.21. The summed E-state index contributed by atoms with van der Waals surface area (Å²) >= 11 is -1.66. The third-order valence-corrected chi connectivity index (χ3v) is 5.19. The Labute approximate surface area is 97.3 Å². The number of hydrogen-bond donors (Lipinski definition) is 2. The molecule has 0 bridgehead atoms. The van der Waals surface area contributed by atoms with Gasteiger partial charge in [-0.05, 0) is 0 Å². The molecule has 88 valence electrons. The van der Waals surface area contributed by atoms with Crippen molar-refractivity contribution in [3.8, 4) is 0 Å². The van der Waals surface area contributed by atoms with Gasteiger partial charge >= 0.3 is 97.2 Å². The van der Waals surface area contributed by atoms with Crippen molar-refractivity contribution in [3.63, 3.8) is 0 Å². The van der Waals surface area contributed by atoms with Crippen molar-refractivity contribution in [1.29, 1.82) is 0 Å². The summed E-state index contributed by atoms with van der Waals surface area (Å²) in [6.07, 6.45) is 1.19. The molecule has 0 radical (unpaired) electrons. The van der Waals surface area contributed by atoms with Crippen LogP contribution in [0, 0.1) is 0 Å². The van der Waals surface area contributed by atoms with Crippen molar-refractivity contribution < 1.29 is 22.9 Å². The van der Waals surface area contributed by atoms with Crippen LogP contribution in [-0.4, -0.2) is 43.7 Å². The standard InChI is InChI=1S/C8H10AsNO5S/c1-9(2)7-6(8(11)12)5(3-4-10-7)16(13,14)15/h3-4H,1-2H3,(H,11,12)(H,13,14,15). The first-order valence-electron chi connectivity index (χ1n) is 4.12. The Hall–Kier alpha value is -0.912. The first kappa shape index (κ1) is 13.2. The average Bonchev–Trinajstić information content (AvgIpc) is 2.14. The molecule has 1 aromatic rings. The van der Waals surface area contributed by atoms with Crippen LogP contribution in [0.3, 0.4) is 0 Å². The maximum atomic E-state index is 11.0. The van der Waals surface area contributed by atoms with Gasteiger partial charge in [0.15, 0.2) is 0 Å². The monoisotopic (exact) mass is 307 g/mol. The number of hydrogen-bond acceptors (Lipinski definition) is 4. The minimum atomic E-state index is -4.53. The van der Waals surface area contributed by atoms with E-state index in [0.717, 1.165) is 6.07 Å². The molecule has 0 atom stereocenters. The second-order valence-electron chi connectivity index (χ2n) is 3.18. The molecule has 0 fully saturated rings. The van der Waals surface area contributed by atoms with E-state index in [0.29, 0.717) is 0 Å². The maximum absolute atomic E-state index is 11.0. The Kier molecular flexibility index (Phi) is 3.72. The molecule has 0 saturated carbocycles. The minimum absolute atomic E-state index is 0.273. The molecular formula is C8H10AsNO5S. The molecule has 0 amide bonds. The molecule has 0 aromatic carbocycles. The summed E-state index contributed by atoms with van der Waals surface area (Å²) in [6, 6.07) is 0.986. The molecule has 1 rings (SSSR count). The van der Waals surface area contributed by atoms with Crippen molar-refractivity contribution >= 4 is 35.2 Å². The molecule has 0 aliphatic carbocycles. The summed E-state index contributed by atoms with van der Waals surface area (Å²) in [7, 11) is -4.53. The van der Waals surface area contributed by atoms with Gasteiger partial charge in [-0.1, -0.05) is 0 Å². The number of carboxylic acid groups (broad SMARTS) is 1. The zero-order chi connectivity index (χ0) is 12.5. The van der Waals surface area contributed by atoms with Gasteiger partial charge in [-0.25, -0.2) is 0 Å². The fourth-order valence-corrected chi connectivity index (χ4v) is 4.04. The topological polar surface area (TPSA) is 105 Å². The molecule has 0 unspecified atom stereocenters. The molecule has 0 aliphatic rings. The van der Waals surface area contributed by atoms with Crippen molar-refractivity contribution in [3.05, 3.63) is 17.8 Å². The van der Waals surface area contributed by atoms with E-state index in [4.69, 9.17) is 9.66 Å². The fourth-order valence-electron chi connectivity index (χ4n) is 1.19. The van der Waals surface area contributed by atoms with Crippen LogP contribution in [0.15, 0.2) is 17.2 Å². The first-order chi connectivity index (χ1) is 7.25. The van der Waals surface area contributed by atoms with Gasteiger partial charge in [-0.15, -0.1) is 0 Å². The summed E-state index contributed by atoms with van der Waals surface area (Å²) in [5, 5.41) is 8.97. The number of carbonyl (C=O) groups is 1. The van der Waals surface area contributed by atoms with Crippen LogP contribution >= 0.6 is 0 Å². The number of carboxylic acids is 1. The number of pyridine rings is 1. The van der Waals surface area contributed by atoms with E-state index < -0.39 is 41.2 Å². The van der Waals surface area contributed by atoms with Gasteiger partial charge in [-0.2, -0.15) is 0 Å². The van der Waals surface area contributed by atoms with Crippen molar-refractivity contribution in [2.45, 2.75) is 16.3 Å². The van der Waals surface area contributed by atoms with Gasteiger partial charge < -0.3 is 0 Å². The van der Waals surface area contributed by atoms with E-state index in [1.165, 1.54) is 6.20 Å². The van der Waals surface area contributed by atoms with Crippen molar-refractivity contribution in [1.82, 2.24) is 4.98 Å². The van der Waals surface area contributed by atoms with Gasteiger partial charge in [0, 0.05) is 0 Å².